The lowest BCUT2D eigenvalue weighted by atomic mass is 10.3. The molecule has 100 valence electrons. The Morgan fingerprint density at radius 3 is 2.74 bits per heavy atom. The van der Waals surface area contributed by atoms with E-state index in [2.05, 4.69) is 39.0 Å². The Hall–Kier alpha value is -1.39. The summed E-state index contributed by atoms with van der Waals surface area (Å²) in [6, 6.07) is 9.25. The second-order valence-electron chi connectivity index (χ2n) is 5.64. The van der Waals surface area contributed by atoms with Gasteiger partial charge in [0, 0.05) is 32.2 Å². The predicted octanol–water partition coefficient (Wildman–Crippen LogP) is 1.78. The highest BCUT2D eigenvalue weighted by molar-refractivity contribution is 5.76. The van der Waals surface area contributed by atoms with Crippen molar-refractivity contribution >= 4 is 11.0 Å². The van der Waals surface area contributed by atoms with Crippen molar-refractivity contribution in [2.45, 2.75) is 25.4 Å². The van der Waals surface area contributed by atoms with Gasteiger partial charge in [0.25, 0.3) is 0 Å². The predicted molar refractivity (Wildman–Crippen MR) is 76.2 cm³/mol. The summed E-state index contributed by atoms with van der Waals surface area (Å²) in [5.74, 6) is 1.26. The maximum Gasteiger partial charge on any atom is 0.124 e. The van der Waals surface area contributed by atoms with Gasteiger partial charge in [-0.25, -0.2) is 4.98 Å². The molecule has 19 heavy (non-hydrogen) atoms. The highest BCUT2D eigenvalue weighted by Gasteiger charge is 2.28. The fraction of sp³-hybridized carbons (Fsp3) is 0.533. The fourth-order valence-electron chi connectivity index (χ4n) is 3.02. The van der Waals surface area contributed by atoms with E-state index in [-0.39, 0.29) is 0 Å². The third-order valence-corrected chi connectivity index (χ3v) is 4.16. The second kappa shape index (κ2) is 4.62. The number of hydrogen-bond donors (Lipinski definition) is 1. The molecule has 1 saturated carbocycles. The average Bonchev–Trinajstić information content (AvgIpc) is 3.21. The molecular weight excluding hydrogens is 236 g/mol. The first-order valence-electron chi connectivity index (χ1n) is 7.31. The maximum absolute atomic E-state index is 4.87. The van der Waals surface area contributed by atoms with Gasteiger partial charge in [-0.3, -0.25) is 4.90 Å². The number of hydrogen-bond acceptors (Lipinski definition) is 3. The molecule has 1 aromatic heterocycles. The van der Waals surface area contributed by atoms with Crippen LogP contribution in [0.5, 0.6) is 0 Å². The van der Waals surface area contributed by atoms with E-state index in [1.807, 2.05) is 0 Å². The third kappa shape index (κ3) is 2.15. The minimum Gasteiger partial charge on any atom is -0.324 e. The van der Waals surface area contributed by atoms with E-state index >= 15 is 0 Å². The SMILES string of the molecule is c1ccc2c(c1)nc(CN1CCNCC1)n2C1CC1. The largest absolute Gasteiger partial charge is 0.324 e. The van der Waals surface area contributed by atoms with Crippen molar-refractivity contribution in [3.05, 3.63) is 30.1 Å². The summed E-state index contributed by atoms with van der Waals surface area (Å²) < 4.78 is 2.48. The van der Waals surface area contributed by atoms with E-state index < -0.39 is 0 Å². The number of nitrogens with zero attached hydrogens (tertiary/aromatic N) is 3. The Morgan fingerprint density at radius 2 is 1.95 bits per heavy atom. The molecule has 2 aromatic rings. The van der Waals surface area contributed by atoms with Gasteiger partial charge in [0.15, 0.2) is 0 Å². The van der Waals surface area contributed by atoms with Crippen molar-refractivity contribution in [3.63, 3.8) is 0 Å². The molecule has 4 rings (SSSR count). The standard InChI is InChI=1S/C15H20N4/c1-2-4-14-13(3-1)17-15(19(14)12-5-6-12)11-18-9-7-16-8-10-18/h1-4,12,16H,5-11H2. The molecule has 0 spiro atoms. The molecular formula is C15H20N4. The Balaban J connectivity index is 1.69. The quantitative estimate of drug-likeness (QED) is 0.908. The average molecular weight is 256 g/mol. The zero-order chi connectivity index (χ0) is 12.7. The number of piperazine rings is 1. The molecule has 1 saturated heterocycles. The number of benzene rings is 1. The van der Waals surface area contributed by atoms with Gasteiger partial charge in [0.2, 0.25) is 0 Å². The number of para-hydroxylation sites is 2. The third-order valence-electron chi connectivity index (χ3n) is 4.16. The van der Waals surface area contributed by atoms with Gasteiger partial charge < -0.3 is 9.88 Å². The molecule has 4 nitrogen and oxygen atoms in total. The fourth-order valence-corrected chi connectivity index (χ4v) is 3.02. The van der Waals surface area contributed by atoms with Crippen LogP contribution in [0, 0.1) is 0 Å². The first kappa shape index (κ1) is 11.4. The van der Waals surface area contributed by atoms with Crippen molar-refractivity contribution in [2.24, 2.45) is 0 Å². The number of fused-ring (bicyclic) bond motifs is 1. The van der Waals surface area contributed by atoms with Crippen LogP contribution in [-0.2, 0) is 6.54 Å². The van der Waals surface area contributed by atoms with Crippen LogP contribution < -0.4 is 5.32 Å². The number of imidazole rings is 1. The molecule has 0 radical (unpaired) electrons. The van der Waals surface area contributed by atoms with Crippen LogP contribution >= 0.6 is 0 Å². The molecule has 0 atom stereocenters. The summed E-state index contributed by atoms with van der Waals surface area (Å²) >= 11 is 0. The molecule has 1 aliphatic heterocycles. The molecule has 0 bridgehead atoms. The van der Waals surface area contributed by atoms with Crippen LogP contribution in [0.25, 0.3) is 11.0 Å². The van der Waals surface area contributed by atoms with E-state index in [1.54, 1.807) is 0 Å². The normalized spacial score (nSPS) is 21.1. The molecule has 4 heteroatoms. The molecule has 2 heterocycles. The topological polar surface area (TPSA) is 33.1 Å². The first-order chi connectivity index (χ1) is 9.42. The zero-order valence-corrected chi connectivity index (χ0v) is 11.2. The van der Waals surface area contributed by atoms with Gasteiger partial charge in [-0.05, 0) is 25.0 Å². The van der Waals surface area contributed by atoms with E-state index in [0.29, 0.717) is 6.04 Å². The van der Waals surface area contributed by atoms with Crippen molar-refractivity contribution in [1.82, 2.24) is 19.8 Å². The van der Waals surface area contributed by atoms with Crippen LogP contribution in [-0.4, -0.2) is 40.6 Å². The van der Waals surface area contributed by atoms with Gasteiger partial charge in [0.05, 0.1) is 17.6 Å². The van der Waals surface area contributed by atoms with Crippen LogP contribution in [0.15, 0.2) is 24.3 Å². The molecule has 0 unspecified atom stereocenters. The highest BCUT2D eigenvalue weighted by Crippen LogP contribution is 2.38. The molecule has 1 N–H and O–H groups in total. The van der Waals surface area contributed by atoms with E-state index in [9.17, 15) is 0 Å². The first-order valence-corrected chi connectivity index (χ1v) is 7.31. The molecule has 1 aromatic carbocycles. The lowest BCUT2D eigenvalue weighted by Gasteiger charge is -2.27. The van der Waals surface area contributed by atoms with E-state index in [1.165, 1.54) is 24.2 Å². The zero-order valence-electron chi connectivity index (χ0n) is 11.2. The summed E-state index contributed by atoms with van der Waals surface area (Å²) in [4.78, 5) is 7.38. The monoisotopic (exact) mass is 256 g/mol. The van der Waals surface area contributed by atoms with Crippen molar-refractivity contribution < 1.29 is 0 Å². The Bertz CT molecular complexity index is 579. The lowest BCUT2D eigenvalue weighted by molar-refractivity contribution is 0.225. The second-order valence-corrected chi connectivity index (χ2v) is 5.64. The van der Waals surface area contributed by atoms with Crippen LogP contribution in [0.4, 0.5) is 0 Å². The smallest absolute Gasteiger partial charge is 0.124 e. The van der Waals surface area contributed by atoms with Gasteiger partial charge in [-0.1, -0.05) is 12.1 Å². The van der Waals surface area contributed by atoms with E-state index in [0.717, 1.165) is 38.2 Å². The molecule has 0 amide bonds. The minimum absolute atomic E-state index is 0.699. The van der Waals surface area contributed by atoms with Crippen LogP contribution in [0.3, 0.4) is 0 Å². The van der Waals surface area contributed by atoms with Crippen LogP contribution in [0.2, 0.25) is 0 Å². The minimum atomic E-state index is 0.699. The van der Waals surface area contributed by atoms with Crippen molar-refractivity contribution in [1.29, 1.82) is 0 Å². The van der Waals surface area contributed by atoms with Gasteiger partial charge in [0.1, 0.15) is 5.82 Å². The lowest BCUT2D eigenvalue weighted by Crippen LogP contribution is -2.43. The number of aromatic nitrogens is 2. The Labute approximate surface area is 113 Å². The number of nitrogens with one attached hydrogen (secondary N) is 1. The Kier molecular flexibility index (Phi) is 2.78. The molecule has 2 fully saturated rings. The summed E-state index contributed by atoms with van der Waals surface area (Å²) in [5, 5.41) is 3.41. The van der Waals surface area contributed by atoms with Gasteiger partial charge >= 0.3 is 0 Å². The van der Waals surface area contributed by atoms with Crippen LogP contribution in [0.1, 0.15) is 24.7 Å². The number of rotatable bonds is 3. The van der Waals surface area contributed by atoms with E-state index in [4.69, 9.17) is 4.98 Å². The summed E-state index contributed by atoms with van der Waals surface area (Å²) in [6.45, 7) is 5.46. The van der Waals surface area contributed by atoms with Gasteiger partial charge in [-0.15, -0.1) is 0 Å². The van der Waals surface area contributed by atoms with Crippen molar-refractivity contribution in [2.75, 3.05) is 26.2 Å². The maximum atomic E-state index is 4.87. The van der Waals surface area contributed by atoms with Crippen molar-refractivity contribution in [3.8, 4) is 0 Å². The van der Waals surface area contributed by atoms with Gasteiger partial charge in [-0.2, -0.15) is 0 Å². The Morgan fingerprint density at radius 1 is 1.16 bits per heavy atom. The summed E-state index contributed by atoms with van der Waals surface area (Å²) in [7, 11) is 0. The molecule has 2 aliphatic rings. The highest BCUT2D eigenvalue weighted by atomic mass is 15.2. The summed E-state index contributed by atoms with van der Waals surface area (Å²) in [5.41, 5.74) is 2.47. The summed E-state index contributed by atoms with van der Waals surface area (Å²) in [6.07, 6.45) is 2.63. The molecule has 1 aliphatic carbocycles.